The fourth-order valence-corrected chi connectivity index (χ4v) is 3.95. The van der Waals surface area contributed by atoms with Crippen molar-refractivity contribution in [3.63, 3.8) is 0 Å². The fourth-order valence-electron chi connectivity index (χ4n) is 2.79. The Labute approximate surface area is 157 Å². The summed E-state index contributed by atoms with van der Waals surface area (Å²) in [5.41, 5.74) is 1.50. The van der Waals surface area contributed by atoms with Gasteiger partial charge in [-0.15, -0.1) is 0 Å². The van der Waals surface area contributed by atoms with Crippen LogP contribution >= 0.6 is 22.9 Å². The Morgan fingerprint density at radius 3 is 2.50 bits per heavy atom. The van der Waals surface area contributed by atoms with Crippen LogP contribution in [0.4, 0.5) is 5.13 Å². The Kier molecular flexibility index (Phi) is 4.18. The largest absolute Gasteiger partial charge is 0.302 e. The van der Waals surface area contributed by atoms with E-state index in [0.717, 1.165) is 15.1 Å². The molecule has 2 heterocycles. The Morgan fingerprint density at radius 2 is 1.81 bits per heavy atom. The number of amides is 3. The quantitative estimate of drug-likeness (QED) is 0.696. The van der Waals surface area contributed by atoms with Crippen LogP contribution in [0.3, 0.4) is 0 Å². The van der Waals surface area contributed by atoms with Crippen molar-refractivity contribution in [1.82, 2.24) is 9.88 Å². The van der Waals surface area contributed by atoms with Crippen molar-refractivity contribution in [3.05, 3.63) is 58.6 Å². The summed E-state index contributed by atoms with van der Waals surface area (Å²) >= 11 is 7.26. The molecule has 0 unspecified atom stereocenters. The standard InChI is InChI=1S/C18H12ClN3O3S/c19-10-5-6-13-14(9-10)26-18(20-13)21-15(23)7-8-22-16(24)11-3-1-2-4-12(11)17(22)25/h1-6,9H,7-8H2,(H,20,21,23). The number of anilines is 1. The van der Waals surface area contributed by atoms with Crippen LogP contribution in [-0.4, -0.2) is 34.2 Å². The Bertz CT molecular complexity index is 1030. The number of benzene rings is 2. The van der Waals surface area contributed by atoms with Crippen LogP contribution in [-0.2, 0) is 4.79 Å². The first-order chi connectivity index (χ1) is 12.5. The van der Waals surface area contributed by atoms with Crippen molar-refractivity contribution in [3.8, 4) is 0 Å². The zero-order chi connectivity index (χ0) is 18.3. The fraction of sp³-hybridized carbons (Fsp3) is 0.111. The molecule has 3 aromatic rings. The number of rotatable bonds is 4. The van der Waals surface area contributed by atoms with Gasteiger partial charge in [0.1, 0.15) is 0 Å². The number of fused-ring (bicyclic) bond motifs is 2. The molecule has 4 rings (SSSR count). The molecular weight excluding hydrogens is 374 g/mol. The minimum atomic E-state index is -0.368. The number of hydrogen-bond donors (Lipinski definition) is 1. The summed E-state index contributed by atoms with van der Waals surface area (Å²) in [5.74, 6) is -1.05. The second-order valence-electron chi connectivity index (χ2n) is 5.74. The average molecular weight is 386 g/mol. The van der Waals surface area contributed by atoms with E-state index in [2.05, 4.69) is 10.3 Å². The summed E-state index contributed by atoms with van der Waals surface area (Å²) in [6.07, 6.45) is 0.00213. The highest BCUT2D eigenvalue weighted by Crippen LogP contribution is 2.28. The number of nitrogens with zero attached hydrogens (tertiary/aromatic N) is 2. The number of carbonyl (C=O) groups is 3. The van der Waals surface area contributed by atoms with Gasteiger partial charge in [0.05, 0.1) is 21.3 Å². The van der Waals surface area contributed by atoms with Gasteiger partial charge in [-0.05, 0) is 30.3 Å². The van der Waals surface area contributed by atoms with E-state index in [1.165, 1.54) is 11.3 Å². The minimum Gasteiger partial charge on any atom is -0.302 e. The third kappa shape index (κ3) is 2.95. The van der Waals surface area contributed by atoms with Gasteiger partial charge in [0.2, 0.25) is 5.91 Å². The Morgan fingerprint density at radius 1 is 1.12 bits per heavy atom. The van der Waals surface area contributed by atoms with Crippen LogP contribution in [0.5, 0.6) is 0 Å². The molecule has 1 N–H and O–H groups in total. The molecule has 1 aliphatic rings. The number of hydrogen-bond acceptors (Lipinski definition) is 5. The molecule has 2 aromatic carbocycles. The third-order valence-electron chi connectivity index (χ3n) is 4.04. The van der Waals surface area contributed by atoms with Crippen molar-refractivity contribution in [2.75, 3.05) is 11.9 Å². The number of nitrogens with one attached hydrogen (secondary N) is 1. The summed E-state index contributed by atoms with van der Waals surface area (Å²) in [4.78, 5) is 42.2. The molecule has 0 fully saturated rings. The maximum atomic E-state index is 12.3. The molecule has 26 heavy (non-hydrogen) atoms. The van der Waals surface area contributed by atoms with Crippen LogP contribution in [0.1, 0.15) is 27.1 Å². The van der Waals surface area contributed by atoms with Gasteiger partial charge in [0.25, 0.3) is 11.8 Å². The second kappa shape index (κ2) is 6.51. The van der Waals surface area contributed by atoms with E-state index in [4.69, 9.17) is 11.6 Å². The molecule has 8 heteroatoms. The first kappa shape index (κ1) is 16.7. The summed E-state index contributed by atoms with van der Waals surface area (Å²) in [7, 11) is 0. The van der Waals surface area contributed by atoms with E-state index in [1.807, 2.05) is 0 Å². The molecule has 130 valence electrons. The van der Waals surface area contributed by atoms with Crippen LogP contribution < -0.4 is 5.32 Å². The topological polar surface area (TPSA) is 79.4 Å². The van der Waals surface area contributed by atoms with E-state index in [-0.39, 0.29) is 30.7 Å². The summed E-state index contributed by atoms with van der Waals surface area (Å²) in [5, 5.41) is 3.76. The van der Waals surface area contributed by atoms with E-state index in [0.29, 0.717) is 21.3 Å². The lowest BCUT2D eigenvalue weighted by atomic mass is 10.1. The lowest BCUT2D eigenvalue weighted by Gasteiger charge is -2.12. The van der Waals surface area contributed by atoms with Crippen molar-refractivity contribution >= 4 is 56.0 Å². The maximum Gasteiger partial charge on any atom is 0.261 e. The SMILES string of the molecule is O=C(CCN1C(=O)c2ccccc2C1=O)Nc1nc2ccc(Cl)cc2s1. The third-order valence-corrected chi connectivity index (χ3v) is 5.21. The predicted octanol–water partition coefficient (Wildman–Crippen LogP) is 3.57. The van der Waals surface area contributed by atoms with Crippen molar-refractivity contribution in [2.45, 2.75) is 6.42 Å². The molecular formula is C18H12ClN3O3S. The van der Waals surface area contributed by atoms with Gasteiger partial charge >= 0.3 is 0 Å². The Hall–Kier alpha value is -2.77. The smallest absolute Gasteiger partial charge is 0.261 e. The van der Waals surface area contributed by atoms with E-state index in [1.54, 1.807) is 42.5 Å². The summed E-state index contributed by atoms with van der Waals surface area (Å²) < 4.78 is 0.869. The predicted molar refractivity (Wildman–Crippen MR) is 99.7 cm³/mol. The highest BCUT2D eigenvalue weighted by Gasteiger charge is 2.34. The number of thiazole rings is 1. The zero-order valence-corrected chi connectivity index (χ0v) is 14.9. The first-order valence-corrected chi connectivity index (χ1v) is 9.03. The summed E-state index contributed by atoms with van der Waals surface area (Å²) in [6.45, 7) is 0.0227. The lowest BCUT2D eigenvalue weighted by Crippen LogP contribution is -2.32. The van der Waals surface area contributed by atoms with Gasteiger partial charge in [-0.1, -0.05) is 35.1 Å². The first-order valence-electron chi connectivity index (χ1n) is 7.84. The van der Waals surface area contributed by atoms with Gasteiger partial charge in [-0.2, -0.15) is 0 Å². The minimum absolute atomic E-state index is 0.00213. The normalized spacial score (nSPS) is 13.3. The molecule has 0 saturated carbocycles. The Balaban J connectivity index is 1.41. The molecule has 0 aliphatic carbocycles. The number of imide groups is 1. The summed E-state index contributed by atoms with van der Waals surface area (Å²) in [6, 6.07) is 11.9. The van der Waals surface area contributed by atoms with Crippen LogP contribution in [0.25, 0.3) is 10.2 Å². The van der Waals surface area contributed by atoms with Gasteiger partial charge in [-0.25, -0.2) is 4.98 Å². The van der Waals surface area contributed by atoms with Gasteiger partial charge in [0, 0.05) is 18.0 Å². The number of halogens is 1. The number of aromatic nitrogens is 1. The molecule has 1 aliphatic heterocycles. The van der Waals surface area contributed by atoms with E-state index < -0.39 is 0 Å². The zero-order valence-electron chi connectivity index (χ0n) is 13.4. The van der Waals surface area contributed by atoms with Gasteiger partial charge in [0.15, 0.2) is 5.13 Å². The van der Waals surface area contributed by atoms with Crippen molar-refractivity contribution in [2.24, 2.45) is 0 Å². The van der Waals surface area contributed by atoms with Crippen LogP contribution in [0.15, 0.2) is 42.5 Å². The average Bonchev–Trinajstić information content (AvgIpc) is 3.12. The highest BCUT2D eigenvalue weighted by atomic mass is 35.5. The van der Waals surface area contributed by atoms with Gasteiger partial charge in [-0.3, -0.25) is 19.3 Å². The highest BCUT2D eigenvalue weighted by molar-refractivity contribution is 7.22. The van der Waals surface area contributed by atoms with Gasteiger partial charge < -0.3 is 5.32 Å². The molecule has 0 radical (unpaired) electrons. The molecule has 0 saturated heterocycles. The van der Waals surface area contributed by atoms with Crippen molar-refractivity contribution < 1.29 is 14.4 Å². The molecule has 0 spiro atoms. The monoisotopic (exact) mass is 385 g/mol. The van der Waals surface area contributed by atoms with Crippen molar-refractivity contribution in [1.29, 1.82) is 0 Å². The molecule has 1 aromatic heterocycles. The molecule has 0 atom stereocenters. The molecule has 6 nitrogen and oxygen atoms in total. The molecule has 0 bridgehead atoms. The van der Waals surface area contributed by atoms with Crippen LogP contribution in [0.2, 0.25) is 5.02 Å². The van der Waals surface area contributed by atoms with E-state index >= 15 is 0 Å². The van der Waals surface area contributed by atoms with Crippen LogP contribution in [0, 0.1) is 0 Å². The van der Waals surface area contributed by atoms with E-state index in [9.17, 15) is 14.4 Å². The lowest BCUT2D eigenvalue weighted by molar-refractivity contribution is -0.116. The molecule has 3 amide bonds. The second-order valence-corrected chi connectivity index (χ2v) is 7.20. The maximum absolute atomic E-state index is 12.3. The number of carbonyl (C=O) groups excluding carboxylic acids is 3.